The molecule has 134 valence electrons. The third-order valence-corrected chi connectivity index (χ3v) is 5.67. The Morgan fingerprint density at radius 1 is 1.08 bits per heavy atom. The van der Waals surface area contributed by atoms with Crippen molar-refractivity contribution in [3.63, 3.8) is 0 Å². The number of para-hydroxylation sites is 1. The number of nitrogens with zero attached hydrogens (tertiary/aromatic N) is 1. The highest BCUT2D eigenvalue weighted by Gasteiger charge is 2.22. The normalized spacial score (nSPS) is 18.4. The van der Waals surface area contributed by atoms with E-state index in [-0.39, 0.29) is 4.90 Å². The van der Waals surface area contributed by atoms with Crippen molar-refractivity contribution in [2.24, 2.45) is 11.1 Å². The molecular weight excluding hydrogens is 334 g/mol. The lowest BCUT2D eigenvalue weighted by Gasteiger charge is -2.17. The number of benzene rings is 2. The number of hydrogen-bond donors (Lipinski definition) is 2. The van der Waals surface area contributed by atoms with Crippen molar-refractivity contribution >= 4 is 15.7 Å². The molecule has 0 saturated carbocycles. The molecule has 1 fully saturated rings. The van der Waals surface area contributed by atoms with Crippen LogP contribution in [-0.4, -0.2) is 39.5 Å². The Bertz CT molecular complexity index is 793. The summed E-state index contributed by atoms with van der Waals surface area (Å²) in [7, 11) is -3.70. The fraction of sp³-hybridized carbons (Fsp3) is 0.368. The van der Waals surface area contributed by atoms with E-state index < -0.39 is 10.0 Å². The highest BCUT2D eigenvalue weighted by Crippen LogP contribution is 2.22. The van der Waals surface area contributed by atoms with Gasteiger partial charge in [-0.15, -0.1) is 0 Å². The predicted molar refractivity (Wildman–Crippen MR) is 101 cm³/mol. The Balaban J connectivity index is 1.49. The van der Waals surface area contributed by atoms with Gasteiger partial charge in [0.25, 0.3) is 0 Å². The fourth-order valence-corrected chi connectivity index (χ4v) is 4.04. The average Bonchev–Trinajstić information content (AvgIpc) is 3.06. The van der Waals surface area contributed by atoms with E-state index in [1.54, 1.807) is 18.2 Å². The zero-order valence-electron chi connectivity index (χ0n) is 14.3. The minimum Gasteiger partial charge on any atom is -0.384 e. The summed E-state index contributed by atoms with van der Waals surface area (Å²) in [4.78, 5) is 2.64. The summed E-state index contributed by atoms with van der Waals surface area (Å²) in [6.07, 6.45) is 2.19. The van der Waals surface area contributed by atoms with Crippen molar-refractivity contribution in [2.45, 2.75) is 17.7 Å². The first-order valence-corrected chi connectivity index (χ1v) is 10.2. The molecule has 0 aliphatic carbocycles. The Morgan fingerprint density at radius 3 is 2.56 bits per heavy atom. The second kappa shape index (κ2) is 7.99. The quantitative estimate of drug-likeness (QED) is 0.795. The number of rotatable bonds is 7. The molecule has 5 nitrogen and oxygen atoms in total. The van der Waals surface area contributed by atoms with Crippen LogP contribution in [0, 0.1) is 5.92 Å². The second-order valence-electron chi connectivity index (χ2n) is 6.61. The number of hydrogen-bond acceptors (Lipinski definition) is 4. The molecule has 25 heavy (non-hydrogen) atoms. The zero-order valence-corrected chi connectivity index (χ0v) is 15.1. The topological polar surface area (TPSA) is 75.4 Å². The fourth-order valence-electron chi connectivity index (χ4n) is 3.33. The molecule has 6 heteroatoms. The molecule has 0 radical (unpaired) electrons. The van der Waals surface area contributed by atoms with Crippen molar-refractivity contribution in [2.75, 3.05) is 31.5 Å². The van der Waals surface area contributed by atoms with E-state index in [1.807, 2.05) is 12.1 Å². The van der Waals surface area contributed by atoms with Gasteiger partial charge in [0.15, 0.2) is 0 Å². The number of anilines is 1. The monoisotopic (exact) mass is 359 g/mol. The summed E-state index contributed by atoms with van der Waals surface area (Å²) < 4.78 is 23.3. The lowest BCUT2D eigenvalue weighted by molar-refractivity contribution is 0.330. The number of nitrogens with two attached hydrogens (primary N) is 1. The summed E-state index contributed by atoms with van der Waals surface area (Å²) >= 11 is 0. The van der Waals surface area contributed by atoms with Crippen LogP contribution < -0.4 is 10.5 Å². The van der Waals surface area contributed by atoms with E-state index in [9.17, 15) is 8.42 Å². The van der Waals surface area contributed by atoms with Crippen LogP contribution in [0.2, 0.25) is 0 Å². The van der Waals surface area contributed by atoms with Gasteiger partial charge in [-0.3, -0.25) is 0 Å². The number of sulfonamides is 1. The van der Waals surface area contributed by atoms with Crippen LogP contribution in [0.15, 0.2) is 59.5 Å². The van der Waals surface area contributed by atoms with Crippen molar-refractivity contribution in [1.82, 2.24) is 4.90 Å². The van der Waals surface area contributed by atoms with E-state index in [0.717, 1.165) is 39.0 Å². The maximum atomic E-state index is 11.7. The molecule has 1 aliphatic rings. The number of primary sulfonamides is 1. The summed E-state index contributed by atoms with van der Waals surface area (Å²) in [5, 5.41) is 8.55. The lowest BCUT2D eigenvalue weighted by atomic mass is 10.1. The van der Waals surface area contributed by atoms with Gasteiger partial charge in [-0.05, 0) is 43.0 Å². The van der Waals surface area contributed by atoms with Crippen LogP contribution in [0.4, 0.5) is 5.69 Å². The van der Waals surface area contributed by atoms with E-state index in [1.165, 1.54) is 5.56 Å². The predicted octanol–water partition coefficient (Wildman–Crippen LogP) is 2.31. The van der Waals surface area contributed by atoms with Crippen LogP contribution in [0.1, 0.15) is 12.0 Å². The van der Waals surface area contributed by atoms with Crippen LogP contribution in [0.25, 0.3) is 0 Å². The Morgan fingerprint density at radius 2 is 1.80 bits per heavy atom. The molecule has 0 amide bonds. The molecule has 2 aromatic carbocycles. The van der Waals surface area contributed by atoms with E-state index >= 15 is 0 Å². The molecule has 2 aromatic rings. The maximum Gasteiger partial charge on any atom is 0.240 e. The second-order valence-corrected chi connectivity index (χ2v) is 8.14. The van der Waals surface area contributed by atoms with Gasteiger partial charge < -0.3 is 10.2 Å². The summed E-state index contributed by atoms with van der Waals surface area (Å²) in [6.45, 7) is 3.95. The van der Waals surface area contributed by atoms with Gasteiger partial charge in [-0.25, -0.2) is 13.6 Å². The highest BCUT2D eigenvalue weighted by atomic mass is 32.2. The van der Waals surface area contributed by atoms with Crippen LogP contribution in [0.5, 0.6) is 0 Å². The van der Waals surface area contributed by atoms with Crippen molar-refractivity contribution in [1.29, 1.82) is 0 Å². The van der Waals surface area contributed by atoms with Gasteiger partial charge >= 0.3 is 0 Å². The van der Waals surface area contributed by atoms with E-state index in [4.69, 9.17) is 5.14 Å². The van der Waals surface area contributed by atoms with Gasteiger partial charge in [-0.2, -0.15) is 0 Å². The Labute approximate surface area is 149 Å². The van der Waals surface area contributed by atoms with Crippen LogP contribution in [-0.2, 0) is 16.4 Å². The molecule has 1 heterocycles. The van der Waals surface area contributed by atoms with Crippen LogP contribution >= 0.6 is 0 Å². The lowest BCUT2D eigenvalue weighted by Crippen LogP contribution is -2.25. The maximum absolute atomic E-state index is 11.7. The zero-order chi connectivity index (χ0) is 17.7. The average molecular weight is 359 g/mol. The molecule has 0 aromatic heterocycles. The minimum absolute atomic E-state index is 0.161. The third kappa shape index (κ3) is 5.04. The molecule has 0 bridgehead atoms. The number of nitrogens with one attached hydrogen (secondary N) is 1. The summed E-state index contributed by atoms with van der Waals surface area (Å²) in [5.41, 5.74) is 1.96. The molecule has 1 atom stereocenters. The van der Waals surface area contributed by atoms with Gasteiger partial charge in [0.05, 0.1) is 5.69 Å². The van der Waals surface area contributed by atoms with Gasteiger partial charge in [0, 0.05) is 19.6 Å². The third-order valence-electron chi connectivity index (χ3n) is 4.70. The van der Waals surface area contributed by atoms with E-state index in [2.05, 4.69) is 34.5 Å². The largest absolute Gasteiger partial charge is 0.384 e. The molecule has 3 N–H and O–H groups in total. The molecule has 1 unspecified atom stereocenters. The van der Waals surface area contributed by atoms with Gasteiger partial charge in [0.2, 0.25) is 10.0 Å². The Hall–Kier alpha value is -1.89. The molecular formula is C19H25N3O2S. The first-order chi connectivity index (χ1) is 12.0. The van der Waals surface area contributed by atoms with Crippen molar-refractivity contribution in [3.8, 4) is 0 Å². The summed E-state index contributed by atoms with van der Waals surface area (Å²) in [6, 6.07) is 17.3. The van der Waals surface area contributed by atoms with Crippen molar-refractivity contribution < 1.29 is 8.42 Å². The first-order valence-electron chi connectivity index (χ1n) is 8.64. The molecule has 0 spiro atoms. The van der Waals surface area contributed by atoms with Crippen molar-refractivity contribution in [3.05, 3.63) is 60.2 Å². The minimum atomic E-state index is -3.70. The Kier molecular flexibility index (Phi) is 5.73. The first kappa shape index (κ1) is 17.9. The van der Waals surface area contributed by atoms with Gasteiger partial charge in [-0.1, -0.05) is 42.5 Å². The van der Waals surface area contributed by atoms with E-state index in [0.29, 0.717) is 11.6 Å². The number of likely N-dealkylation sites (tertiary alicyclic amines) is 1. The SMILES string of the molecule is NS(=O)(=O)c1ccccc1NCC1CCN(CCc2ccccc2)C1. The molecule has 1 aliphatic heterocycles. The summed E-state index contributed by atoms with van der Waals surface area (Å²) in [5.74, 6) is 0.518. The van der Waals surface area contributed by atoms with Crippen LogP contribution in [0.3, 0.4) is 0 Å². The smallest absolute Gasteiger partial charge is 0.240 e. The highest BCUT2D eigenvalue weighted by molar-refractivity contribution is 7.89. The van der Waals surface area contributed by atoms with Gasteiger partial charge in [0.1, 0.15) is 4.90 Å². The standard InChI is InChI=1S/C19H25N3O2S/c20-25(23,24)19-9-5-4-8-18(19)21-14-17-11-13-22(15-17)12-10-16-6-2-1-3-7-16/h1-9,17,21H,10-15H2,(H2,20,23,24). The molecule has 3 rings (SSSR count). The molecule has 1 saturated heterocycles.